The lowest BCUT2D eigenvalue weighted by atomic mass is 9.49. The van der Waals surface area contributed by atoms with Crippen molar-refractivity contribution >= 4 is 51.8 Å². The van der Waals surface area contributed by atoms with Crippen molar-refractivity contribution in [2.24, 2.45) is 182 Å². The lowest BCUT2D eigenvalue weighted by Gasteiger charge is -2.55. The molecule has 12 aliphatic heterocycles. The minimum Gasteiger partial charge on any atom is -0.388 e. The van der Waals surface area contributed by atoms with E-state index in [1.165, 1.54) is 88.1 Å². The van der Waals surface area contributed by atoms with Crippen molar-refractivity contribution in [3.05, 3.63) is 0 Å². The van der Waals surface area contributed by atoms with Crippen LogP contribution >= 0.6 is 0 Å². The third kappa shape index (κ3) is 11.4. The second-order valence-corrected chi connectivity index (χ2v) is 54.9. The van der Waals surface area contributed by atoms with E-state index in [2.05, 4.69) is 138 Å². The van der Waals surface area contributed by atoms with Gasteiger partial charge in [0.05, 0.1) is 91.3 Å². The summed E-state index contributed by atoms with van der Waals surface area (Å²) in [5.74, 6) is 9.84. The van der Waals surface area contributed by atoms with E-state index in [1.807, 2.05) is 0 Å². The minimum absolute atomic E-state index is 0.00638. The van der Waals surface area contributed by atoms with Gasteiger partial charge in [-0.15, -0.1) is 0 Å². The van der Waals surface area contributed by atoms with Crippen molar-refractivity contribution < 1.29 is 81.2 Å². The van der Waals surface area contributed by atoms with E-state index in [-0.39, 0.29) is 118 Å². The average molecular weight is 1820 g/mol. The molecule has 0 aromatic carbocycles. The molecule has 728 valence electrons. The predicted molar refractivity (Wildman–Crippen MR) is 496 cm³/mol. The van der Waals surface area contributed by atoms with Crippen molar-refractivity contribution in [2.75, 3.05) is 0 Å². The number of ether oxygens (including phenoxy) is 8. The van der Waals surface area contributed by atoms with Crippen LogP contribution in [0.1, 0.15) is 383 Å². The number of Topliss-reactive ketones (excluding diaryl/α,β-unsaturated/α-hetero) is 5. The molecule has 0 N–H and O–H groups in total. The van der Waals surface area contributed by atoms with Gasteiger partial charge in [-0.25, -0.2) is 0 Å². The summed E-state index contributed by atoms with van der Waals surface area (Å²) in [5, 5.41) is 19.4. The minimum atomic E-state index is -0.457. The van der Waals surface area contributed by atoms with Crippen molar-refractivity contribution in [1.29, 1.82) is 0 Å². The van der Waals surface area contributed by atoms with Crippen LogP contribution in [0.15, 0.2) is 20.6 Å². The number of carbonyl (C=O) groups is 5. The zero-order valence-corrected chi connectivity index (χ0v) is 84.5. The third-order valence-electron chi connectivity index (χ3n) is 47.9. The number of rotatable bonds is 0. The SMILES string of the molecule is CC(C)=O.C[C@H]1[C@H]2[C@H](C[C@]34C(=NO[C@]23C)C[C@H]2[C@H]4CC[C@H]3CC(=O)CC[C@@]32C)O[C@]12CCC(C)(C)O2.C[C@H]1[C@H]2[C@H](C[C@]34C(=NO[C@]23C)C[C@H]2[C@H]4CC[C@H]3CC(=O)CC[C@@]32C)O[C@]12CCC(C)(C)O2.C[C@H]1[C@H]2[C@H](C[C@]34C(=NO[C@]23C)C[C@H]2[C@H]4CC[C@H]3CC(=O)CC[C@@]32C)O[C@]12CCC(C)(C)O2.C[C@H]1[C@H]2[C@H](C[C@]34C(=NO[C@]23C)C[C@H]2[C@H]4CC[C@H]3CC(=O)CC[C@@]32C)O[C@]12CCC(C)(C)O2. The molecule has 16 aliphatic carbocycles. The summed E-state index contributed by atoms with van der Waals surface area (Å²) < 4.78 is 54.1. The van der Waals surface area contributed by atoms with Gasteiger partial charge in [0.1, 0.15) is 28.9 Å². The van der Waals surface area contributed by atoms with Gasteiger partial charge in [0.15, 0.2) is 45.6 Å². The largest absolute Gasteiger partial charge is 0.388 e. The summed E-state index contributed by atoms with van der Waals surface area (Å²) in [4.78, 5) is 84.4. The third-order valence-corrected chi connectivity index (χ3v) is 47.9. The van der Waals surface area contributed by atoms with E-state index >= 15 is 0 Å². The second-order valence-electron chi connectivity index (χ2n) is 54.9. The maximum Gasteiger partial charge on any atom is 0.172 e. The summed E-state index contributed by atoms with van der Waals surface area (Å²) >= 11 is 0. The number of hydrogen-bond acceptors (Lipinski definition) is 21. The molecule has 16 saturated carbocycles. The van der Waals surface area contributed by atoms with E-state index in [4.69, 9.17) is 77.9 Å². The Morgan fingerprint density at radius 3 is 0.652 bits per heavy atom. The standard InChI is InChI=1S/4C27H39NO4.C3H6O/c4*1-15-22-20(30-27(15)11-10-23(2,3)31-27)14-26-18-7-6-16-12-17(29)8-9-24(16,4)19(18)13-21(26)28-32-25(22,26)5;1-3(2)4/h4*15-16,18-20,22H,6-14H2,1-5H3;1-2H3/t4*15-,16-,18+,19-,20-,22-,24-,25+,26-,27-;/m0000./s1. The quantitative estimate of drug-likeness (QED) is 0.219. The van der Waals surface area contributed by atoms with Crippen molar-refractivity contribution in [3.63, 3.8) is 0 Å². The van der Waals surface area contributed by atoms with Crippen LogP contribution in [0.2, 0.25) is 0 Å². The summed E-state index contributed by atoms with van der Waals surface area (Å²) in [6.07, 6.45) is 37.3. The molecule has 21 nitrogen and oxygen atoms in total. The van der Waals surface area contributed by atoms with E-state index in [9.17, 15) is 24.0 Å². The monoisotopic (exact) mass is 1820 g/mol. The van der Waals surface area contributed by atoms with E-state index in [0.717, 1.165) is 180 Å². The molecule has 21 heteroatoms. The Morgan fingerprint density at radius 2 is 0.470 bits per heavy atom. The Labute approximate surface area is 786 Å². The molecule has 132 heavy (non-hydrogen) atoms. The van der Waals surface area contributed by atoms with Gasteiger partial charge in [0.25, 0.3) is 0 Å². The van der Waals surface area contributed by atoms with Crippen LogP contribution < -0.4 is 0 Å². The van der Waals surface area contributed by atoms with Crippen molar-refractivity contribution in [2.45, 2.75) is 476 Å². The lowest BCUT2D eigenvalue weighted by Crippen LogP contribution is -2.55. The number of hydrogen-bond donors (Lipinski definition) is 0. The summed E-state index contributed by atoms with van der Waals surface area (Å²) in [7, 11) is 0. The summed E-state index contributed by atoms with van der Waals surface area (Å²) in [5.41, 5.74) is 4.68. The van der Waals surface area contributed by atoms with Crippen molar-refractivity contribution in [1.82, 2.24) is 0 Å². The molecule has 28 aliphatic rings. The molecule has 0 aromatic rings. The highest BCUT2D eigenvalue weighted by Gasteiger charge is 2.87. The number of oxime groups is 4. The van der Waals surface area contributed by atoms with Gasteiger partial charge in [-0.2, -0.15) is 0 Å². The fourth-order valence-corrected chi connectivity index (χ4v) is 41.6. The number of carbonyl (C=O) groups excluding carboxylic acids is 5. The van der Waals surface area contributed by atoms with Crippen LogP contribution in [-0.2, 0) is 81.2 Å². The van der Waals surface area contributed by atoms with Crippen LogP contribution in [0.25, 0.3) is 0 Å². The fourth-order valence-electron chi connectivity index (χ4n) is 41.6. The molecule has 8 saturated heterocycles. The smallest absolute Gasteiger partial charge is 0.172 e. The molecule has 0 aromatic heterocycles. The van der Waals surface area contributed by atoms with Gasteiger partial charge in [-0.1, -0.05) is 76.0 Å². The summed E-state index contributed by atoms with van der Waals surface area (Å²) in [6.45, 7) is 49.4. The first kappa shape index (κ1) is 90.5. The topological polar surface area (TPSA) is 246 Å². The first-order chi connectivity index (χ1) is 61.9. The van der Waals surface area contributed by atoms with Gasteiger partial charge < -0.3 is 62.0 Å². The maximum atomic E-state index is 12.2. The highest BCUT2D eigenvalue weighted by molar-refractivity contribution is 5.99. The number of nitrogens with zero attached hydrogens (tertiary/aromatic N) is 4. The Morgan fingerprint density at radius 1 is 0.273 bits per heavy atom. The second kappa shape index (κ2) is 28.2. The van der Waals surface area contributed by atoms with Crippen LogP contribution in [-0.4, -0.2) is 144 Å². The summed E-state index contributed by atoms with van der Waals surface area (Å²) in [6, 6.07) is 0. The molecule has 12 heterocycles. The Bertz CT molecular complexity index is 4420. The van der Waals surface area contributed by atoms with Gasteiger partial charge in [0.2, 0.25) is 0 Å². The Balaban J connectivity index is 0.0000000957. The highest BCUT2D eigenvalue weighted by atomic mass is 16.8. The lowest BCUT2D eigenvalue weighted by molar-refractivity contribution is -0.256. The van der Waals surface area contributed by atoms with Gasteiger partial charge >= 0.3 is 0 Å². The molecule has 0 amide bonds. The molecule has 0 unspecified atom stereocenters. The molecule has 28 rings (SSSR count). The van der Waals surface area contributed by atoms with Crippen LogP contribution in [0.5, 0.6) is 0 Å². The molecular weight excluding hydrogens is 1660 g/mol. The van der Waals surface area contributed by atoms with E-state index < -0.39 is 23.1 Å². The van der Waals surface area contributed by atoms with Crippen LogP contribution in [0.4, 0.5) is 0 Å². The van der Waals surface area contributed by atoms with Gasteiger partial charge in [-0.05, 0) is 344 Å². The van der Waals surface area contributed by atoms with E-state index in [0.29, 0.717) is 141 Å². The average Bonchev–Trinajstić information content (AvgIpc) is 1.50. The maximum absolute atomic E-state index is 12.2. The van der Waals surface area contributed by atoms with E-state index in [1.54, 1.807) is 0 Å². The zero-order chi connectivity index (χ0) is 92.8. The first-order valence-corrected chi connectivity index (χ1v) is 54.0. The number of ketones is 5. The molecular formula is C111H162N4O17. The molecule has 8 spiro atoms. The Kier molecular flexibility index (Phi) is 19.4. The zero-order valence-electron chi connectivity index (χ0n) is 84.5. The predicted octanol–water partition coefficient (Wildman–Crippen LogP) is 21.6. The van der Waals surface area contributed by atoms with Crippen LogP contribution in [0.3, 0.4) is 0 Å². The van der Waals surface area contributed by atoms with Crippen molar-refractivity contribution in [3.8, 4) is 0 Å². The molecule has 0 radical (unpaired) electrons. The Hall–Kier alpha value is -4.09. The van der Waals surface area contributed by atoms with Crippen LogP contribution in [0, 0.1) is 162 Å². The van der Waals surface area contributed by atoms with Gasteiger partial charge in [0, 0.05) is 124 Å². The normalized spacial score (nSPS) is 57.7. The highest BCUT2D eigenvalue weighted by Crippen LogP contribution is 2.83. The molecule has 40 atom stereocenters. The fraction of sp³-hybridized carbons (Fsp3) is 0.919. The molecule has 0 bridgehead atoms. The number of fused-ring (bicyclic) bond motifs is 20. The molecule has 24 fully saturated rings. The first-order valence-electron chi connectivity index (χ1n) is 54.0. The van der Waals surface area contributed by atoms with Gasteiger partial charge in [-0.3, -0.25) is 19.2 Å².